The standard InChI is InChI=1S/C23H29N5O2S/c1-13-9-14(2)23(4)12-17(11-19(13)24-23)30-22-26-25-21(31-22)18-6-5-16(10-20(18)29)28-8-7-15(3)27-28/h5-8,10,13-14,17,19,24,29H,9,11-12H2,1-4H3. The summed E-state index contributed by atoms with van der Waals surface area (Å²) in [5.74, 6) is 1.41. The van der Waals surface area contributed by atoms with Gasteiger partial charge in [0.05, 0.1) is 16.9 Å². The number of aromatic hydroxyl groups is 1. The normalized spacial score (nSPS) is 30.3. The van der Waals surface area contributed by atoms with E-state index in [1.807, 2.05) is 31.3 Å². The minimum atomic E-state index is 0.104. The van der Waals surface area contributed by atoms with E-state index in [4.69, 9.17) is 4.74 Å². The number of aryl methyl sites for hydroxylation is 1. The first-order valence-corrected chi connectivity index (χ1v) is 11.8. The Hall–Kier alpha value is -2.45. The Balaban J connectivity index is 1.32. The molecular weight excluding hydrogens is 410 g/mol. The number of benzene rings is 1. The Labute approximate surface area is 186 Å². The number of hydrogen-bond acceptors (Lipinski definition) is 7. The summed E-state index contributed by atoms with van der Waals surface area (Å²) in [5, 5.41) is 28.6. The van der Waals surface area contributed by atoms with Crippen LogP contribution >= 0.6 is 11.3 Å². The lowest BCUT2D eigenvalue weighted by Gasteiger charge is -2.53. The third-order valence-corrected chi connectivity index (χ3v) is 7.90. The van der Waals surface area contributed by atoms with Gasteiger partial charge in [0, 0.05) is 36.7 Å². The van der Waals surface area contributed by atoms with Crippen LogP contribution in [-0.2, 0) is 0 Å². The third kappa shape index (κ3) is 3.83. The van der Waals surface area contributed by atoms with E-state index in [0.717, 1.165) is 24.2 Å². The van der Waals surface area contributed by atoms with Crippen LogP contribution in [0.3, 0.4) is 0 Å². The number of phenols is 1. The van der Waals surface area contributed by atoms with Gasteiger partial charge in [-0.05, 0) is 50.3 Å². The molecule has 164 valence electrons. The van der Waals surface area contributed by atoms with Gasteiger partial charge in [0.1, 0.15) is 11.9 Å². The van der Waals surface area contributed by atoms with Crippen LogP contribution in [0.15, 0.2) is 30.5 Å². The molecule has 4 heterocycles. The van der Waals surface area contributed by atoms with Gasteiger partial charge in [-0.25, -0.2) is 4.68 Å². The summed E-state index contributed by atoms with van der Waals surface area (Å²) in [7, 11) is 0. The smallest absolute Gasteiger partial charge is 0.294 e. The second-order valence-electron chi connectivity index (χ2n) is 9.44. The van der Waals surface area contributed by atoms with Crippen LogP contribution in [-0.4, -0.2) is 42.8 Å². The highest BCUT2D eigenvalue weighted by Crippen LogP contribution is 2.42. The Kier molecular flexibility index (Phi) is 5.01. The molecule has 2 fully saturated rings. The van der Waals surface area contributed by atoms with Crippen LogP contribution in [0.25, 0.3) is 16.3 Å². The quantitative estimate of drug-likeness (QED) is 0.629. The minimum absolute atomic E-state index is 0.104. The zero-order valence-corrected chi connectivity index (χ0v) is 19.2. The highest BCUT2D eigenvalue weighted by atomic mass is 32.1. The number of hydrogen-bond donors (Lipinski definition) is 2. The molecule has 0 aliphatic carbocycles. The van der Waals surface area contributed by atoms with E-state index in [1.165, 1.54) is 17.8 Å². The van der Waals surface area contributed by atoms with Crippen LogP contribution in [0, 0.1) is 18.8 Å². The number of piperidine rings is 2. The molecule has 5 rings (SSSR count). The monoisotopic (exact) mass is 439 g/mol. The summed E-state index contributed by atoms with van der Waals surface area (Å²) in [6, 6.07) is 7.87. The van der Waals surface area contributed by atoms with Gasteiger partial charge >= 0.3 is 0 Å². The van der Waals surface area contributed by atoms with Crippen LogP contribution in [0.2, 0.25) is 0 Å². The number of phenolic OH excluding ortho intramolecular Hbond substituents is 1. The van der Waals surface area contributed by atoms with Crippen molar-refractivity contribution in [3.05, 3.63) is 36.2 Å². The number of rotatable bonds is 4. The summed E-state index contributed by atoms with van der Waals surface area (Å²) in [5.41, 5.74) is 2.48. The van der Waals surface area contributed by atoms with Gasteiger partial charge in [0.15, 0.2) is 5.01 Å². The lowest BCUT2D eigenvalue weighted by atomic mass is 9.67. The predicted octanol–water partition coefficient (Wildman–Crippen LogP) is 4.34. The van der Waals surface area contributed by atoms with Crippen molar-refractivity contribution in [3.63, 3.8) is 0 Å². The summed E-state index contributed by atoms with van der Waals surface area (Å²) in [6.07, 6.45) is 5.22. The maximum absolute atomic E-state index is 10.6. The lowest BCUT2D eigenvalue weighted by molar-refractivity contribution is -0.00293. The molecule has 2 N–H and O–H groups in total. The van der Waals surface area contributed by atoms with Crippen molar-refractivity contribution in [1.29, 1.82) is 0 Å². The second-order valence-corrected chi connectivity index (χ2v) is 10.4. The van der Waals surface area contributed by atoms with Gasteiger partial charge in [0.2, 0.25) is 0 Å². The Morgan fingerprint density at radius 1 is 1.23 bits per heavy atom. The van der Waals surface area contributed by atoms with Crippen molar-refractivity contribution in [2.24, 2.45) is 11.8 Å². The molecule has 2 aliphatic rings. The van der Waals surface area contributed by atoms with E-state index >= 15 is 0 Å². The predicted molar refractivity (Wildman–Crippen MR) is 121 cm³/mol. The zero-order valence-electron chi connectivity index (χ0n) is 18.4. The molecule has 3 aromatic rings. The summed E-state index contributed by atoms with van der Waals surface area (Å²) in [4.78, 5) is 0. The minimum Gasteiger partial charge on any atom is -0.507 e. The molecule has 7 nitrogen and oxygen atoms in total. The van der Waals surface area contributed by atoms with Crippen molar-refractivity contribution < 1.29 is 9.84 Å². The summed E-state index contributed by atoms with van der Waals surface area (Å²) < 4.78 is 8.04. The zero-order chi connectivity index (χ0) is 21.8. The molecule has 2 bridgehead atoms. The fourth-order valence-corrected chi connectivity index (χ4v) is 5.88. The van der Waals surface area contributed by atoms with Crippen molar-refractivity contribution in [1.82, 2.24) is 25.3 Å². The fourth-order valence-electron chi connectivity index (χ4n) is 5.08. The number of aromatic nitrogens is 4. The number of fused-ring (bicyclic) bond motifs is 2. The third-order valence-electron chi connectivity index (χ3n) is 7.06. The number of nitrogens with one attached hydrogen (secondary N) is 1. The summed E-state index contributed by atoms with van der Waals surface area (Å²) in [6.45, 7) is 8.92. The Bertz CT molecular complexity index is 1100. The maximum atomic E-state index is 10.6. The van der Waals surface area contributed by atoms with Crippen molar-refractivity contribution in [3.8, 4) is 27.2 Å². The van der Waals surface area contributed by atoms with Gasteiger partial charge in [0.25, 0.3) is 5.19 Å². The van der Waals surface area contributed by atoms with Gasteiger partial charge in [-0.15, -0.1) is 5.10 Å². The molecule has 8 heteroatoms. The van der Waals surface area contributed by atoms with E-state index < -0.39 is 0 Å². The van der Waals surface area contributed by atoms with E-state index in [-0.39, 0.29) is 17.4 Å². The van der Waals surface area contributed by atoms with E-state index in [0.29, 0.717) is 33.6 Å². The second kappa shape index (κ2) is 7.60. The Morgan fingerprint density at radius 2 is 2.06 bits per heavy atom. The highest BCUT2D eigenvalue weighted by Gasteiger charge is 2.47. The van der Waals surface area contributed by atoms with Gasteiger partial charge in [-0.1, -0.05) is 30.3 Å². The van der Waals surface area contributed by atoms with Crippen LogP contribution in [0.5, 0.6) is 10.9 Å². The molecule has 1 aromatic carbocycles. The SMILES string of the molecule is Cc1ccn(-c2ccc(-c3nnc(OC4CC5NC(C)(C4)C(C)CC5C)s3)c(O)c2)n1. The number of ether oxygens (including phenoxy) is 1. The van der Waals surface area contributed by atoms with Gasteiger partial charge in [-0.2, -0.15) is 5.10 Å². The average molecular weight is 440 g/mol. The molecule has 0 amide bonds. The Morgan fingerprint density at radius 3 is 2.81 bits per heavy atom. The summed E-state index contributed by atoms with van der Waals surface area (Å²) >= 11 is 1.38. The first-order chi connectivity index (χ1) is 14.8. The molecule has 5 atom stereocenters. The fraction of sp³-hybridized carbons (Fsp3) is 0.522. The molecule has 2 saturated heterocycles. The average Bonchev–Trinajstić information content (AvgIpc) is 3.35. The largest absolute Gasteiger partial charge is 0.507 e. The van der Waals surface area contributed by atoms with E-state index in [2.05, 4.69) is 41.4 Å². The first-order valence-electron chi connectivity index (χ1n) is 10.9. The molecular formula is C23H29N5O2S. The van der Waals surface area contributed by atoms with Crippen LogP contribution in [0.1, 0.15) is 45.7 Å². The maximum Gasteiger partial charge on any atom is 0.294 e. The first kappa shape index (κ1) is 20.5. The van der Waals surface area contributed by atoms with Crippen molar-refractivity contribution in [2.45, 2.75) is 64.6 Å². The topological polar surface area (TPSA) is 85.1 Å². The molecule has 0 radical (unpaired) electrons. The van der Waals surface area contributed by atoms with E-state index in [1.54, 1.807) is 10.7 Å². The van der Waals surface area contributed by atoms with Crippen LogP contribution < -0.4 is 10.1 Å². The molecule has 0 spiro atoms. The molecule has 0 saturated carbocycles. The molecule has 31 heavy (non-hydrogen) atoms. The number of nitrogens with zero attached hydrogens (tertiary/aromatic N) is 4. The molecule has 2 aliphatic heterocycles. The molecule has 5 unspecified atom stereocenters. The van der Waals surface area contributed by atoms with Gasteiger partial charge in [-0.3, -0.25) is 0 Å². The van der Waals surface area contributed by atoms with Gasteiger partial charge < -0.3 is 15.2 Å². The highest BCUT2D eigenvalue weighted by molar-refractivity contribution is 7.16. The van der Waals surface area contributed by atoms with Crippen molar-refractivity contribution in [2.75, 3.05) is 0 Å². The lowest BCUT2D eigenvalue weighted by Crippen LogP contribution is -2.65. The molecule has 2 aromatic heterocycles. The van der Waals surface area contributed by atoms with Crippen molar-refractivity contribution >= 4 is 11.3 Å². The van der Waals surface area contributed by atoms with Crippen LogP contribution in [0.4, 0.5) is 0 Å². The van der Waals surface area contributed by atoms with E-state index in [9.17, 15) is 5.11 Å².